The first-order valence-corrected chi connectivity index (χ1v) is 5.56. The molecule has 0 fully saturated rings. The average molecular weight is 249 g/mol. The van der Waals surface area contributed by atoms with Crippen LogP contribution in [0.2, 0.25) is 0 Å². The van der Waals surface area contributed by atoms with Crippen LogP contribution in [-0.2, 0) is 0 Å². The summed E-state index contributed by atoms with van der Waals surface area (Å²) in [4.78, 5) is 0. The number of rotatable bonds is 4. The molecule has 0 aromatic rings. The predicted octanol–water partition coefficient (Wildman–Crippen LogP) is 3.48. The molecule has 0 spiro atoms. The van der Waals surface area contributed by atoms with Crippen LogP contribution >= 0.6 is 62.1 Å². The van der Waals surface area contributed by atoms with Crippen LogP contribution in [0.3, 0.4) is 0 Å². The second-order valence-corrected chi connectivity index (χ2v) is 7.18. The van der Waals surface area contributed by atoms with Crippen LogP contribution in [0.1, 0.15) is 26.2 Å². The Balaban J connectivity index is 4.00. The zero-order valence-electron chi connectivity index (χ0n) is 6.29. The Labute approximate surface area is 95.5 Å². The topological polar surface area (TPSA) is 0 Å². The molecule has 0 aliphatic rings. The molecule has 0 nitrogen and oxygen atoms in total. The Hall–Kier alpha value is 1.69. The molecule has 0 bridgehead atoms. The van der Waals surface area contributed by atoms with Gasteiger partial charge in [0.2, 0.25) is 0 Å². The standard InChI is InChI=1S/C6H13ClS4/c1-2-3-4-5(8,9)6(7,10)11/h8-11H,2-4H2,1H3. The van der Waals surface area contributed by atoms with Crippen molar-refractivity contribution in [3.63, 3.8) is 0 Å². The van der Waals surface area contributed by atoms with Crippen LogP contribution in [-0.4, -0.2) is 7.62 Å². The molecule has 0 rings (SSSR count). The van der Waals surface area contributed by atoms with Gasteiger partial charge >= 0.3 is 0 Å². The van der Waals surface area contributed by atoms with E-state index in [9.17, 15) is 0 Å². The summed E-state index contributed by atoms with van der Waals surface area (Å²) in [6.07, 6.45) is 2.92. The van der Waals surface area contributed by atoms with E-state index in [1.54, 1.807) is 0 Å². The summed E-state index contributed by atoms with van der Waals surface area (Å²) < 4.78 is -1.59. The fraction of sp³-hybridized carbons (Fsp3) is 1.00. The summed E-state index contributed by atoms with van der Waals surface area (Å²) in [5, 5.41) is 0. The van der Waals surface area contributed by atoms with Gasteiger partial charge in [-0.05, 0) is 6.42 Å². The fourth-order valence-corrected chi connectivity index (χ4v) is 1.22. The molecule has 0 unspecified atom stereocenters. The van der Waals surface area contributed by atoms with E-state index in [1.807, 2.05) is 0 Å². The third kappa shape index (κ3) is 4.46. The second kappa shape index (κ2) is 4.80. The van der Waals surface area contributed by atoms with E-state index >= 15 is 0 Å². The van der Waals surface area contributed by atoms with Gasteiger partial charge in [-0.15, -0.1) is 25.3 Å². The maximum absolute atomic E-state index is 5.84. The minimum Gasteiger partial charge on any atom is -0.158 e. The lowest BCUT2D eigenvalue weighted by Gasteiger charge is -2.32. The Kier molecular flexibility index (Phi) is 5.53. The van der Waals surface area contributed by atoms with Crippen LogP contribution in [0.4, 0.5) is 0 Å². The molecular weight excluding hydrogens is 236 g/mol. The van der Waals surface area contributed by atoms with Crippen molar-refractivity contribution >= 4 is 62.1 Å². The van der Waals surface area contributed by atoms with Gasteiger partial charge in [0.05, 0.1) is 4.08 Å². The highest BCUT2D eigenvalue weighted by Crippen LogP contribution is 2.47. The quantitative estimate of drug-likeness (QED) is 0.327. The Morgan fingerprint density at radius 3 is 1.91 bits per heavy atom. The molecule has 0 aliphatic carbocycles. The largest absolute Gasteiger partial charge is 0.158 e. The van der Waals surface area contributed by atoms with E-state index in [2.05, 4.69) is 57.4 Å². The zero-order chi connectivity index (χ0) is 9.12. The number of hydrogen-bond donors (Lipinski definition) is 4. The lowest BCUT2D eigenvalue weighted by molar-refractivity contribution is 0.673. The summed E-state index contributed by atoms with van der Waals surface area (Å²) in [7, 11) is 0. The van der Waals surface area contributed by atoms with E-state index < -0.39 is 7.62 Å². The summed E-state index contributed by atoms with van der Waals surface area (Å²) in [6, 6.07) is 0. The van der Waals surface area contributed by atoms with Gasteiger partial charge in [0.25, 0.3) is 0 Å². The lowest BCUT2D eigenvalue weighted by atomic mass is 10.2. The lowest BCUT2D eigenvalue weighted by Crippen LogP contribution is -2.31. The van der Waals surface area contributed by atoms with E-state index in [0.29, 0.717) is 0 Å². The minimum absolute atomic E-state index is 0.628. The highest BCUT2D eigenvalue weighted by molar-refractivity contribution is 8.09. The monoisotopic (exact) mass is 248 g/mol. The third-order valence-corrected chi connectivity index (χ3v) is 4.56. The average Bonchev–Trinajstić information content (AvgIpc) is 1.81. The van der Waals surface area contributed by atoms with Gasteiger partial charge in [-0.2, -0.15) is 25.3 Å². The fourth-order valence-electron chi connectivity index (χ4n) is 0.582. The highest BCUT2D eigenvalue weighted by atomic mass is 35.5. The van der Waals surface area contributed by atoms with Crippen molar-refractivity contribution in [2.45, 2.75) is 33.8 Å². The van der Waals surface area contributed by atoms with Crippen molar-refractivity contribution in [2.24, 2.45) is 0 Å². The van der Waals surface area contributed by atoms with Crippen molar-refractivity contribution in [1.82, 2.24) is 0 Å². The van der Waals surface area contributed by atoms with Crippen molar-refractivity contribution in [1.29, 1.82) is 0 Å². The smallest absolute Gasteiger partial charge is 0.153 e. The van der Waals surface area contributed by atoms with E-state index in [0.717, 1.165) is 19.3 Å². The van der Waals surface area contributed by atoms with Crippen molar-refractivity contribution in [3.8, 4) is 0 Å². The second-order valence-electron chi connectivity index (χ2n) is 2.51. The number of halogens is 1. The van der Waals surface area contributed by atoms with Crippen LogP contribution in [0.15, 0.2) is 0 Å². The summed E-state index contributed by atoms with van der Waals surface area (Å²) >= 11 is 22.6. The predicted molar refractivity (Wildman–Crippen MR) is 66.8 cm³/mol. The Morgan fingerprint density at radius 1 is 1.18 bits per heavy atom. The third-order valence-electron chi connectivity index (χ3n) is 1.39. The first-order valence-electron chi connectivity index (χ1n) is 3.39. The maximum atomic E-state index is 5.84. The molecular formula is C6H13ClS4. The number of alkyl halides is 1. The van der Waals surface area contributed by atoms with Crippen molar-refractivity contribution < 1.29 is 0 Å². The van der Waals surface area contributed by atoms with E-state index in [-0.39, 0.29) is 0 Å². The maximum Gasteiger partial charge on any atom is 0.153 e. The Bertz CT molecular complexity index is 118. The van der Waals surface area contributed by atoms with Gasteiger partial charge in [0, 0.05) is 0 Å². The van der Waals surface area contributed by atoms with Gasteiger partial charge < -0.3 is 0 Å². The van der Waals surface area contributed by atoms with Gasteiger partial charge in [0.15, 0.2) is 3.54 Å². The van der Waals surface area contributed by atoms with Crippen LogP contribution < -0.4 is 0 Å². The van der Waals surface area contributed by atoms with Gasteiger partial charge in [-0.3, -0.25) is 0 Å². The van der Waals surface area contributed by atoms with E-state index in [4.69, 9.17) is 11.6 Å². The minimum atomic E-state index is -0.964. The number of unbranched alkanes of at least 4 members (excludes halogenated alkanes) is 1. The molecule has 0 aromatic heterocycles. The molecule has 68 valence electrons. The zero-order valence-corrected chi connectivity index (χ0v) is 10.6. The summed E-state index contributed by atoms with van der Waals surface area (Å²) in [6.45, 7) is 2.10. The molecule has 0 aliphatic heterocycles. The summed E-state index contributed by atoms with van der Waals surface area (Å²) in [5.74, 6) is 0. The number of hydrogen-bond acceptors (Lipinski definition) is 4. The molecule has 0 aromatic carbocycles. The molecule has 0 radical (unpaired) electrons. The molecule has 5 heteroatoms. The van der Waals surface area contributed by atoms with Crippen molar-refractivity contribution in [3.05, 3.63) is 0 Å². The molecule has 0 saturated carbocycles. The molecule has 0 heterocycles. The molecule has 11 heavy (non-hydrogen) atoms. The van der Waals surface area contributed by atoms with Gasteiger partial charge in [0.1, 0.15) is 0 Å². The van der Waals surface area contributed by atoms with Crippen LogP contribution in [0, 0.1) is 0 Å². The van der Waals surface area contributed by atoms with Crippen LogP contribution in [0.5, 0.6) is 0 Å². The van der Waals surface area contributed by atoms with E-state index in [1.165, 1.54) is 0 Å². The highest BCUT2D eigenvalue weighted by Gasteiger charge is 2.38. The normalized spacial score (nSPS) is 13.6. The molecule has 0 amide bonds. The van der Waals surface area contributed by atoms with Gasteiger partial charge in [-0.1, -0.05) is 31.4 Å². The molecule has 0 atom stereocenters. The first-order chi connectivity index (χ1) is 4.81. The van der Waals surface area contributed by atoms with Crippen LogP contribution in [0.25, 0.3) is 0 Å². The number of thiol groups is 4. The van der Waals surface area contributed by atoms with Gasteiger partial charge in [-0.25, -0.2) is 0 Å². The van der Waals surface area contributed by atoms with Crippen molar-refractivity contribution in [2.75, 3.05) is 0 Å². The molecule has 0 N–H and O–H groups in total. The SMILES string of the molecule is CCCCC(S)(S)C(S)(S)Cl. The summed E-state index contributed by atoms with van der Waals surface area (Å²) in [5.41, 5.74) is 0. The Morgan fingerprint density at radius 2 is 1.64 bits per heavy atom. The molecule has 0 saturated heterocycles. The first kappa shape index (κ1) is 12.7.